The molecular weight excluding hydrogens is 386 g/mol. The van der Waals surface area contributed by atoms with Gasteiger partial charge in [-0.1, -0.05) is 36.4 Å². The van der Waals surface area contributed by atoms with Crippen LogP contribution in [0.25, 0.3) is 0 Å². The number of rotatable bonds is 4. The molecule has 3 rings (SSSR count). The van der Waals surface area contributed by atoms with Gasteiger partial charge in [0.15, 0.2) is 5.79 Å². The lowest BCUT2D eigenvalue weighted by atomic mass is 10.0. The zero-order valence-corrected chi connectivity index (χ0v) is 18.5. The van der Waals surface area contributed by atoms with Gasteiger partial charge in [-0.05, 0) is 47.1 Å². The van der Waals surface area contributed by atoms with Crippen molar-refractivity contribution in [3.05, 3.63) is 48.0 Å². The Balaban J connectivity index is 2.03. The first-order valence-corrected chi connectivity index (χ1v) is 10.3. The third-order valence-corrected chi connectivity index (χ3v) is 4.89. The molecule has 0 aromatic heterocycles. The van der Waals surface area contributed by atoms with E-state index in [1.807, 2.05) is 65.0 Å². The predicted octanol–water partition coefficient (Wildman–Crippen LogP) is 3.99. The Morgan fingerprint density at radius 1 is 1.13 bits per heavy atom. The van der Waals surface area contributed by atoms with Crippen LogP contribution in [0.3, 0.4) is 0 Å². The summed E-state index contributed by atoms with van der Waals surface area (Å²) in [6.07, 6.45) is 1.63. The molecule has 2 saturated heterocycles. The van der Waals surface area contributed by atoms with Crippen LogP contribution in [0.1, 0.15) is 53.1 Å². The summed E-state index contributed by atoms with van der Waals surface area (Å²) >= 11 is 0. The highest BCUT2D eigenvalue weighted by molar-refractivity contribution is 5.82. The van der Waals surface area contributed by atoms with Gasteiger partial charge >= 0.3 is 12.1 Å². The van der Waals surface area contributed by atoms with Gasteiger partial charge in [0.2, 0.25) is 0 Å². The minimum atomic E-state index is -0.807. The number of esters is 1. The predicted molar refractivity (Wildman–Crippen MR) is 111 cm³/mol. The molecule has 7 heteroatoms. The van der Waals surface area contributed by atoms with Crippen molar-refractivity contribution in [3.63, 3.8) is 0 Å². The smallest absolute Gasteiger partial charge is 0.411 e. The highest BCUT2D eigenvalue weighted by Gasteiger charge is 2.59. The molecule has 4 atom stereocenters. The molecule has 2 heterocycles. The van der Waals surface area contributed by atoms with E-state index in [1.54, 1.807) is 17.9 Å². The van der Waals surface area contributed by atoms with Gasteiger partial charge in [-0.3, -0.25) is 4.90 Å². The molecule has 164 valence electrons. The van der Waals surface area contributed by atoms with Crippen molar-refractivity contribution in [1.29, 1.82) is 0 Å². The van der Waals surface area contributed by atoms with E-state index in [0.717, 1.165) is 5.56 Å². The summed E-state index contributed by atoms with van der Waals surface area (Å²) in [7, 11) is 0. The molecule has 0 N–H and O–H groups in total. The van der Waals surface area contributed by atoms with Gasteiger partial charge in [0.1, 0.15) is 17.8 Å². The highest BCUT2D eigenvalue weighted by atomic mass is 16.8. The molecule has 2 fully saturated rings. The van der Waals surface area contributed by atoms with E-state index in [9.17, 15) is 9.59 Å². The number of amides is 1. The minimum Gasteiger partial charge on any atom is -0.463 e. The van der Waals surface area contributed by atoms with Crippen LogP contribution in [0.5, 0.6) is 0 Å². The second-order valence-corrected chi connectivity index (χ2v) is 8.91. The number of nitrogens with zero attached hydrogens (tertiary/aromatic N) is 1. The Kier molecular flexibility index (Phi) is 6.24. The molecule has 1 amide bonds. The summed E-state index contributed by atoms with van der Waals surface area (Å²) < 4.78 is 23.1. The van der Waals surface area contributed by atoms with Crippen molar-refractivity contribution in [2.45, 2.75) is 77.2 Å². The van der Waals surface area contributed by atoms with Crippen LogP contribution < -0.4 is 0 Å². The van der Waals surface area contributed by atoms with Gasteiger partial charge in [-0.25, -0.2) is 9.59 Å². The fourth-order valence-corrected chi connectivity index (χ4v) is 3.95. The van der Waals surface area contributed by atoms with Crippen molar-refractivity contribution in [1.82, 2.24) is 4.90 Å². The molecule has 0 saturated carbocycles. The zero-order chi connectivity index (χ0) is 22.1. The normalized spacial score (nSPS) is 27.9. The SMILES string of the molecule is CCOC(=O)/C=C\[C@@H]1[C@H]2OC(C)(C)O[C@H]2[C@H](c2ccccc2)N1C(=O)OC(C)(C)C. The number of fused-ring (bicyclic) bond motifs is 1. The van der Waals surface area contributed by atoms with E-state index < -0.39 is 47.7 Å². The first kappa shape index (κ1) is 22.3. The van der Waals surface area contributed by atoms with E-state index in [2.05, 4.69) is 0 Å². The molecule has 0 bridgehead atoms. The fourth-order valence-electron chi connectivity index (χ4n) is 3.95. The third kappa shape index (κ3) is 4.84. The van der Waals surface area contributed by atoms with E-state index in [0.29, 0.717) is 0 Å². The van der Waals surface area contributed by atoms with Crippen LogP contribution in [0, 0.1) is 0 Å². The molecule has 0 spiro atoms. The third-order valence-electron chi connectivity index (χ3n) is 4.89. The molecule has 2 aliphatic rings. The molecule has 0 unspecified atom stereocenters. The maximum Gasteiger partial charge on any atom is 0.411 e. The number of carbonyl (C=O) groups excluding carboxylic acids is 2. The quantitative estimate of drug-likeness (QED) is 0.545. The summed E-state index contributed by atoms with van der Waals surface area (Å²) in [4.78, 5) is 26.8. The van der Waals surface area contributed by atoms with Crippen LogP contribution in [0.2, 0.25) is 0 Å². The van der Waals surface area contributed by atoms with Gasteiger partial charge in [0.05, 0.1) is 18.7 Å². The first-order valence-electron chi connectivity index (χ1n) is 10.3. The van der Waals surface area contributed by atoms with E-state index in [1.165, 1.54) is 6.08 Å². The van der Waals surface area contributed by atoms with Crippen LogP contribution in [-0.2, 0) is 23.7 Å². The molecule has 2 aliphatic heterocycles. The van der Waals surface area contributed by atoms with Crippen molar-refractivity contribution < 1.29 is 28.5 Å². The Hall–Kier alpha value is -2.38. The number of benzene rings is 1. The maximum atomic E-state index is 13.3. The van der Waals surface area contributed by atoms with Crippen molar-refractivity contribution >= 4 is 12.1 Å². The summed E-state index contributed by atoms with van der Waals surface area (Å²) in [6, 6.07) is 8.67. The van der Waals surface area contributed by atoms with Gasteiger partial charge in [0.25, 0.3) is 0 Å². The number of likely N-dealkylation sites (tertiary alicyclic amines) is 1. The standard InChI is InChI=1S/C23H31NO6/c1-7-27-17(25)14-13-16-19-20(29-23(5,6)28-19)18(15-11-9-8-10-12-15)24(16)21(26)30-22(2,3)4/h8-14,16,18-20H,7H2,1-6H3/b14-13-/t16-,18+,19-,20+/m1/s1. The second kappa shape index (κ2) is 8.40. The monoisotopic (exact) mass is 417 g/mol. The Morgan fingerprint density at radius 3 is 2.37 bits per heavy atom. The zero-order valence-electron chi connectivity index (χ0n) is 18.5. The maximum absolute atomic E-state index is 13.3. The fraction of sp³-hybridized carbons (Fsp3) is 0.565. The largest absolute Gasteiger partial charge is 0.463 e. The lowest BCUT2D eigenvalue weighted by Crippen LogP contribution is -2.44. The Bertz CT molecular complexity index is 798. The van der Waals surface area contributed by atoms with Gasteiger partial charge in [-0.15, -0.1) is 0 Å². The summed E-state index contributed by atoms with van der Waals surface area (Å²) in [5.74, 6) is -1.28. The van der Waals surface area contributed by atoms with Crippen LogP contribution in [-0.4, -0.2) is 53.2 Å². The summed E-state index contributed by atoms with van der Waals surface area (Å²) in [5.41, 5.74) is 0.235. The van der Waals surface area contributed by atoms with Crippen LogP contribution >= 0.6 is 0 Å². The van der Waals surface area contributed by atoms with Gasteiger partial charge < -0.3 is 18.9 Å². The highest BCUT2D eigenvalue weighted by Crippen LogP contribution is 2.48. The molecule has 0 radical (unpaired) electrons. The molecular formula is C23H31NO6. The van der Waals surface area contributed by atoms with Crippen LogP contribution in [0.4, 0.5) is 4.79 Å². The second-order valence-electron chi connectivity index (χ2n) is 8.91. The van der Waals surface area contributed by atoms with Crippen molar-refractivity contribution in [3.8, 4) is 0 Å². The number of hydrogen-bond donors (Lipinski definition) is 0. The number of carbonyl (C=O) groups is 2. The molecule has 30 heavy (non-hydrogen) atoms. The van der Waals surface area contributed by atoms with Gasteiger partial charge in [0, 0.05) is 6.08 Å². The molecule has 1 aromatic rings. The lowest BCUT2D eigenvalue weighted by molar-refractivity contribution is -0.164. The van der Waals surface area contributed by atoms with Gasteiger partial charge in [-0.2, -0.15) is 0 Å². The number of ether oxygens (including phenoxy) is 4. The number of hydrogen-bond acceptors (Lipinski definition) is 6. The van der Waals surface area contributed by atoms with E-state index in [-0.39, 0.29) is 6.61 Å². The summed E-state index contributed by atoms with van der Waals surface area (Å²) in [6.45, 7) is 11.2. The van der Waals surface area contributed by atoms with E-state index in [4.69, 9.17) is 18.9 Å². The Morgan fingerprint density at radius 2 is 1.77 bits per heavy atom. The van der Waals surface area contributed by atoms with E-state index >= 15 is 0 Å². The summed E-state index contributed by atoms with van der Waals surface area (Å²) in [5, 5.41) is 0. The topological polar surface area (TPSA) is 74.3 Å². The molecule has 7 nitrogen and oxygen atoms in total. The Labute approximate surface area is 177 Å². The molecule has 1 aromatic carbocycles. The van der Waals surface area contributed by atoms with Crippen molar-refractivity contribution in [2.24, 2.45) is 0 Å². The molecule has 0 aliphatic carbocycles. The lowest BCUT2D eigenvalue weighted by Gasteiger charge is -2.34. The average molecular weight is 418 g/mol. The minimum absolute atomic E-state index is 0.273. The first-order chi connectivity index (χ1) is 14.0. The van der Waals surface area contributed by atoms with Crippen LogP contribution in [0.15, 0.2) is 42.5 Å². The average Bonchev–Trinajstić information content (AvgIpc) is 3.09. The van der Waals surface area contributed by atoms with Crippen molar-refractivity contribution in [2.75, 3.05) is 6.61 Å².